The lowest BCUT2D eigenvalue weighted by Crippen LogP contribution is -2.49. The molecule has 16 heavy (non-hydrogen) atoms. The van der Waals surface area contributed by atoms with Crippen LogP contribution in [0.2, 0.25) is 0 Å². The zero-order chi connectivity index (χ0) is 12.0. The van der Waals surface area contributed by atoms with Crippen LogP contribution >= 0.6 is 0 Å². The molecule has 1 rings (SSSR count). The molecule has 1 aliphatic rings. The molecule has 0 spiro atoms. The van der Waals surface area contributed by atoms with Crippen molar-refractivity contribution < 1.29 is 4.79 Å². The Kier molecular flexibility index (Phi) is 5.27. The molecule has 90 valence electrons. The minimum Gasteiger partial charge on any atom is -0.355 e. The van der Waals surface area contributed by atoms with Crippen LogP contribution in [0.3, 0.4) is 0 Å². The number of carbonyl (C=O) groups is 1. The van der Waals surface area contributed by atoms with E-state index >= 15 is 0 Å². The van der Waals surface area contributed by atoms with Gasteiger partial charge in [0.15, 0.2) is 0 Å². The number of carbonyl (C=O) groups excluding carboxylic acids is 1. The molecule has 0 aromatic heterocycles. The van der Waals surface area contributed by atoms with Crippen LogP contribution < -0.4 is 10.6 Å². The smallest absolute Gasteiger partial charge is 0.236 e. The van der Waals surface area contributed by atoms with E-state index < -0.39 is 0 Å². The van der Waals surface area contributed by atoms with Crippen LogP contribution in [-0.2, 0) is 4.79 Å². The molecule has 0 aromatic carbocycles. The summed E-state index contributed by atoms with van der Waals surface area (Å²) in [5.41, 5.74) is 0. The van der Waals surface area contributed by atoms with Crippen LogP contribution in [0.25, 0.3) is 0 Å². The SMILES string of the molecule is CCNC(=O)C(C)NC1CCCCC1C#N. The van der Waals surface area contributed by atoms with E-state index in [1.807, 2.05) is 13.8 Å². The van der Waals surface area contributed by atoms with Gasteiger partial charge in [0.1, 0.15) is 0 Å². The normalized spacial score (nSPS) is 26.8. The molecular formula is C12H21N3O. The monoisotopic (exact) mass is 223 g/mol. The molecule has 4 nitrogen and oxygen atoms in total. The van der Waals surface area contributed by atoms with Crippen molar-refractivity contribution in [1.29, 1.82) is 5.26 Å². The highest BCUT2D eigenvalue weighted by Crippen LogP contribution is 2.23. The van der Waals surface area contributed by atoms with Crippen LogP contribution in [0, 0.1) is 17.2 Å². The summed E-state index contributed by atoms with van der Waals surface area (Å²) in [5, 5.41) is 15.1. The van der Waals surface area contributed by atoms with Crippen LogP contribution in [0.1, 0.15) is 39.5 Å². The molecule has 1 fully saturated rings. The van der Waals surface area contributed by atoms with Crippen molar-refractivity contribution in [3.05, 3.63) is 0 Å². The Labute approximate surface area is 97.4 Å². The van der Waals surface area contributed by atoms with Gasteiger partial charge in [-0.25, -0.2) is 0 Å². The third-order valence-corrected chi connectivity index (χ3v) is 3.14. The molecule has 4 heteroatoms. The van der Waals surface area contributed by atoms with Crippen molar-refractivity contribution >= 4 is 5.91 Å². The maximum absolute atomic E-state index is 11.6. The highest BCUT2D eigenvalue weighted by molar-refractivity contribution is 5.81. The largest absolute Gasteiger partial charge is 0.355 e. The Morgan fingerprint density at radius 1 is 1.50 bits per heavy atom. The van der Waals surface area contributed by atoms with Crippen molar-refractivity contribution in [2.45, 2.75) is 51.6 Å². The maximum atomic E-state index is 11.6. The van der Waals surface area contributed by atoms with Crippen molar-refractivity contribution in [3.8, 4) is 6.07 Å². The average molecular weight is 223 g/mol. The third-order valence-electron chi connectivity index (χ3n) is 3.14. The number of hydrogen-bond donors (Lipinski definition) is 2. The summed E-state index contributed by atoms with van der Waals surface area (Å²) in [6, 6.07) is 2.30. The number of nitrogens with zero attached hydrogens (tertiary/aromatic N) is 1. The summed E-state index contributed by atoms with van der Waals surface area (Å²) in [5.74, 6) is 0.0791. The standard InChI is InChI=1S/C12H21N3O/c1-3-14-12(16)9(2)15-11-7-5-4-6-10(11)8-13/h9-11,15H,3-7H2,1-2H3,(H,14,16). The number of nitriles is 1. The van der Waals surface area contributed by atoms with Gasteiger partial charge in [0.05, 0.1) is 18.0 Å². The Balaban J connectivity index is 2.45. The number of rotatable bonds is 4. The van der Waals surface area contributed by atoms with Gasteiger partial charge < -0.3 is 10.6 Å². The minimum atomic E-state index is -0.209. The van der Waals surface area contributed by atoms with E-state index in [0.717, 1.165) is 25.7 Å². The fourth-order valence-corrected chi connectivity index (χ4v) is 2.21. The lowest BCUT2D eigenvalue weighted by Gasteiger charge is -2.30. The minimum absolute atomic E-state index is 0.0183. The molecule has 0 saturated heterocycles. The highest BCUT2D eigenvalue weighted by Gasteiger charge is 2.27. The molecule has 1 saturated carbocycles. The van der Waals surface area contributed by atoms with E-state index in [2.05, 4.69) is 16.7 Å². The van der Waals surface area contributed by atoms with Crippen LogP contribution in [-0.4, -0.2) is 24.5 Å². The van der Waals surface area contributed by atoms with Gasteiger partial charge in [0.2, 0.25) is 5.91 Å². The van der Waals surface area contributed by atoms with Crippen molar-refractivity contribution in [1.82, 2.24) is 10.6 Å². The van der Waals surface area contributed by atoms with Crippen LogP contribution in [0.5, 0.6) is 0 Å². The molecule has 3 atom stereocenters. The summed E-state index contributed by atoms with van der Waals surface area (Å²) in [4.78, 5) is 11.6. The Morgan fingerprint density at radius 2 is 2.19 bits per heavy atom. The summed E-state index contributed by atoms with van der Waals surface area (Å²) < 4.78 is 0. The Hall–Kier alpha value is -1.08. The fraction of sp³-hybridized carbons (Fsp3) is 0.833. The number of likely N-dealkylation sites (N-methyl/N-ethyl adjacent to an activating group) is 1. The number of nitrogens with one attached hydrogen (secondary N) is 2. The van der Waals surface area contributed by atoms with E-state index in [-0.39, 0.29) is 23.9 Å². The van der Waals surface area contributed by atoms with E-state index in [9.17, 15) is 4.79 Å². The first-order valence-corrected chi connectivity index (χ1v) is 6.12. The van der Waals surface area contributed by atoms with Crippen LogP contribution in [0.15, 0.2) is 0 Å². The van der Waals surface area contributed by atoms with E-state index in [1.54, 1.807) is 0 Å². The van der Waals surface area contributed by atoms with Gasteiger partial charge in [-0.15, -0.1) is 0 Å². The van der Waals surface area contributed by atoms with Crippen LogP contribution in [0.4, 0.5) is 0 Å². The second kappa shape index (κ2) is 6.49. The molecule has 1 amide bonds. The zero-order valence-corrected chi connectivity index (χ0v) is 10.1. The van der Waals surface area contributed by atoms with Gasteiger partial charge in [-0.05, 0) is 26.7 Å². The molecule has 2 N–H and O–H groups in total. The predicted octanol–water partition coefficient (Wildman–Crippen LogP) is 1.18. The van der Waals surface area contributed by atoms with Crippen molar-refractivity contribution in [2.75, 3.05) is 6.54 Å². The van der Waals surface area contributed by atoms with Gasteiger partial charge in [-0.2, -0.15) is 5.26 Å². The zero-order valence-electron chi connectivity index (χ0n) is 10.1. The Bertz CT molecular complexity index is 272. The highest BCUT2D eigenvalue weighted by atomic mass is 16.2. The predicted molar refractivity (Wildman–Crippen MR) is 62.6 cm³/mol. The molecule has 0 aromatic rings. The first-order chi connectivity index (χ1) is 7.69. The van der Waals surface area contributed by atoms with Gasteiger partial charge in [-0.1, -0.05) is 12.8 Å². The first-order valence-electron chi connectivity index (χ1n) is 6.12. The summed E-state index contributed by atoms with van der Waals surface area (Å²) >= 11 is 0. The molecule has 3 unspecified atom stereocenters. The summed E-state index contributed by atoms with van der Waals surface area (Å²) in [7, 11) is 0. The van der Waals surface area contributed by atoms with Gasteiger partial charge >= 0.3 is 0 Å². The summed E-state index contributed by atoms with van der Waals surface area (Å²) in [6.07, 6.45) is 4.24. The number of amides is 1. The molecule has 0 bridgehead atoms. The van der Waals surface area contributed by atoms with E-state index in [0.29, 0.717) is 6.54 Å². The maximum Gasteiger partial charge on any atom is 0.236 e. The Morgan fingerprint density at radius 3 is 2.81 bits per heavy atom. The van der Waals surface area contributed by atoms with Crippen molar-refractivity contribution in [2.24, 2.45) is 5.92 Å². The topological polar surface area (TPSA) is 64.9 Å². The van der Waals surface area contributed by atoms with Crippen molar-refractivity contribution in [3.63, 3.8) is 0 Å². The quantitative estimate of drug-likeness (QED) is 0.752. The third kappa shape index (κ3) is 3.49. The van der Waals surface area contributed by atoms with E-state index in [1.165, 1.54) is 0 Å². The lowest BCUT2D eigenvalue weighted by atomic mass is 9.85. The average Bonchev–Trinajstić information content (AvgIpc) is 2.30. The lowest BCUT2D eigenvalue weighted by molar-refractivity contribution is -0.122. The second-order valence-corrected chi connectivity index (χ2v) is 4.41. The van der Waals surface area contributed by atoms with Gasteiger partial charge in [-0.3, -0.25) is 4.79 Å². The molecule has 0 heterocycles. The second-order valence-electron chi connectivity index (χ2n) is 4.41. The van der Waals surface area contributed by atoms with E-state index in [4.69, 9.17) is 5.26 Å². The summed E-state index contributed by atoms with van der Waals surface area (Å²) in [6.45, 7) is 4.41. The van der Waals surface area contributed by atoms with Gasteiger partial charge in [0.25, 0.3) is 0 Å². The molecular weight excluding hydrogens is 202 g/mol. The number of hydrogen-bond acceptors (Lipinski definition) is 3. The van der Waals surface area contributed by atoms with Gasteiger partial charge in [0, 0.05) is 12.6 Å². The molecule has 0 aliphatic heterocycles. The fourth-order valence-electron chi connectivity index (χ4n) is 2.21. The first kappa shape index (κ1) is 13.0. The molecule has 0 radical (unpaired) electrons. The molecule has 1 aliphatic carbocycles.